The molecule has 1 atom stereocenters. The molecule has 0 saturated carbocycles. The molecule has 100 valence electrons. The number of nitrogens with one attached hydrogen (secondary N) is 2. The highest BCUT2D eigenvalue weighted by Gasteiger charge is 2.39. The number of halogens is 1. The molecule has 1 unspecified atom stereocenters. The molecule has 0 spiro atoms. The van der Waals surface area contributed by atoms with Crippen molar-refractivity contribution >= 4 is 21.9 Å². The van der Waals surface area contributed by atoms with Crippen LogP contribution in [0.4, 0.5) is 0 Å². The van der Waals surface area contributed by atoms with E-state index in [0.717, 1.165) is 23.3 Å². The third kappa shape index (κ3) is 2.90. The van der Waals surface area contributed by atoms with E-state index in [9.17, 15) is 4.79 Å². The summed E-state index contributed by atoms with van der Waals surface area (Å²) in [4.78, 5) is 11.4. The Labute approximate surface area is 114 Å². The van der Waals surface area contributed by atoms with Crippen LogP contribution in [-0.4, -0.2) is 42.5 Å². The Kier molecular flexibility index (Phi) is 4.36. The Morgan fingerprint density at radius 3 is 3.06 bits per heavy atom. The summed E-state index contributed by atoms with van der Waals surface area (Å²) < 4.78 is 11.4. The minimum Gasteiger partial charge on any atom is -0.464 e. The van der Waals surface area contributed by atoms with Gasteiger partial charge in [-0.3, -0.25) is 5.10 Å². The van der Waals surface area contributed by atoms with Crippen LogP contribution in [0.1, 0.15) is 19.0 Å². The Balaban J connectivity index is 2.05. The molecule has 2 heterocycles. The van der Waals surface area contributed by atoms with Crippen molar-refractivity contribution in [2.45, 2.75) is 18.9 Å². The number of esters is 1. The molecule has 7 heteroatoms. The number of H-pyrrole nitrogens is 1. The first-order valence-corrected chi connectivity index (χ1v) is 6.67. The molecule has 0 aliphatic carbocycles. The minimum absolute atomic E-state index is 0.0494. The van der Waals surface area contributed by atoms with Gasteiger partial charge in [0.25, 0.3) is 0 Å². The lowest BCUT2D eigenvalue weighted by Crippen LogP contribution is -2.35. The normalized spacial score (nSPS) is 23.2. The Morgan fingerprint density at radius 1 is 1.67 bits per heavy atom. The number of nitrogens with zero attached hydrogens (tertiary/aromatic N) is 1. The molecule has 1 saturated heterocycles. The molecule has 0 bridgehead atoms. The molecular formula is C11H16BrN3O3. The molecule has 1 aromatic heterocycles. The summed E-state index contributed by atoms with van der Waals surface area (Å²) in [6.07, 6.45) is 0.793. The maximum absolute atomic E-state index is 11.4. The van der Waals surface area contributed by atoms with Crippen molar-refractivity contribution in [3.8, 4) is 0 Å². The molecule has 0 radical (unpaired) electrons. The smallest absolute Gasteiger partial charge is 0.332 e. The van der Waals surface area contributed by atoms with Gasteiger partial charge in [-0.05, 0) is 41.9 Å². The zero-order chi connectivity index (χ0) is 13.0. The Morgan fingerprint density at radius 2 is 2.50 bits per heavy atom. The molecule has 6 nitrogen and oxygen atoms in total. The second-order valence-corrected chi connectivity index (χ2v) is 4.93. The van der Waals surface area contributed by atoms with E-state index >= 15 is 0 Å². The van der Waals surface area contributed by atoms with Crippen LogP contribution < -0.4 is 5.32 Å². The quantitative estimate of drug-likeness (QED) is 0.790. The fourth-order valence-electron chi connectivity index (χ4n) is 2.03. The van der Waals surface area contributed by atoms with Crippen molar-refractivity contribution < 1.29 is 14.3 Å². The molecule has 2 rings (SSSR count). The molecule has 0 aromatic carbocycles. The fourth-order valence-corrected chi connectivity index (χ4v) is 2.35. The first-order chi connectivity index (χ1) is 8.66. The molecule has 18 heavy (non-hydrogen) atoms. The number of rotatable bonds is 5. The van der Waals surface area contributed by atoms with Crippen molar-refractivity contribution in [2.24, 2.45) is 0 Å². The average Bonchev–Trinajstić information content (AvgIpc) is 2.96. The van der Waals surface area contributed by atoms with Crippen LogP contribution in [0, 0.1) is 0 Å². The van der Waals surface area contributed by atoms with Gasteiger partial charge in [-0.15, -0.1) is 0 Å². The van der Waals surface area contributed by atoms with E-state index < -0.39 is 5.60 Å². The van der Waals surface area contributed by atoms with Gasteiger partial charge in [0, 0.05) is 6.54 Å². The predicted molar refractivity (Wildman–Crippen MR) is 68.0 cm³/mol. The number of hydrogen-bond donors (Lipinski definition) is 2. The van der Waals surface area contributed by atoms with Crippen LogP contribution >= 0.6 is 15.9 Å². The third-order valence-corrected chi connectivity index (χ3v) is 3.33. The molecule has 0 amide bonds. The van der Waals surface area contributed by atoms with Gasteiger partial charge in [-0.1, -0.05) is 0 Å². The zero-order valence-electron chi connectivity index (χ0n) is 10.2. The van der Waals surface area contributed by atoms with Gasteiger partial charge in [0.2, 0.25) is 0 Å². The Hall–Kier alpha value is -0.920. The summed E-state index contributed by atoms with van der Waals surface area (Å²) in [7, 11) is 0. The highest BCUT2D eigenvalue weighted by atomic mass is 79.9. The van der Waals surface area contributed by atoms with E-state index in [1.54, 1.807) is 6.92 Å². The van der Waals surface area contributed by atoms with Crippen LogP contribution in [0.15, 0.2) is 10.7 Å². The average molecular weight is 318 g/mol. The summed E-state index contributed by atoms with van der Waals surface area (Å²) in [6.45, 7) is 3.59. The van der Waals surface area contributed by atoms with E-state index in [2.05, 4.69) is 31.4 Å². The van der Waals surface area contributed by atoms with Crippen LogP contribution in [0.3, 0.4) is 0 Å². The largest absolute Gasteiger partial charge is 0.464 e. The van der Waals surface area contributed by atoms with E-state index in [0.29, 0.717) is 13.2 Å². The maximum atomic E-state index is 11.4. The van der Waals surface area contributed by atoms with Crippen molar-refractivity contribution in [1.29, 1.82) is 0 Å². The van der Waals surface area contributed by atoms with Crippen LogP contribution in [0.2, 0.25) is 0 Å². The predicted octanol–water partition coefficient (Wildman–Crippen LogP) is 0.941. The summed E-state index contributed by atoms with van der Waals surface area (Å²) in [6, 6.07) is 1.87. The molecule has 2 N–H and O–H groups in total. The van der Waals surface area contributed by atoms with Gasteiger partial charge in [0.05, 0.1) is 12.3 Å². The molecule has 1 aliphatic heterocycles. The minimum atomic E-state index is -0.522. The summed E-state index contributed by atoms with van der Waals surface area (Å²) in [5, 5.41) is 10.2. The molecule has 1 aliphatic rings. The summed E-state index contributed by atoms with van der Waals surface area (Å²) in [5.74, 6) is -0.345. The van der Waals surface area contributed by atoms with Gasteiger partial charge in [0.15, 0.2) is 0 Å². The number of carbonyl (C=O) groups excluding carboxylic acids is 1. The van der Waals surface area contributed by atoms with Crippen molar-refractivity contribution in [3.05, 3.63) is 16.4 Å². The zero-order valence-corrected chi connectivity index (χ0v) is 11.7. The van der Waals surface area contributed by atoms with Crippen molar-refractivity contribution in [3.63, 3.8) is 0 Å². The fraction of sp³-hybridized carbons (Fsp3) is 0.636. The number of carbonyl (C=O) groups is 1. The van der Waals surface area contributed by atoms with E-state index in [-0.39, 0.29) is 12.6 Å². The second kappa shape index (κ2) is 5.81. The number of aromatic nitrogens is 2. The first kappa shape index (κ1) is 13.5. The highest BCUT2D eigenvalue weighted by molar-refractivity contribution is 9.10. The topological polar surface area (TPSA) is 76.2 Å². The van der Waals surface area contributed by atoms with E-state index in [1.165, 1.54) is 0 Å². The lowest BCUT2D eigenvalue weighted by Gasteiger charge is -2.26. The van der Waals surface area contributed by atoms with Gasteiger partial charge in [0.1, 0.15) is 16.8 Å². The first-order valence-electron chi connectivity index (χ1n) is 5.88. The van der Waals surface area contributed by atoms with E-state index in [1.807, 2.05) is 6.07 Å². The van der Waals surface area contributed by atoms with Crippen LogP contribution in [0.25, 0.3) is 0 Å². The molecular weight excluding hydrogens is 302 g/mol. The third-order valence-electron chi connectivity index (χ3n) is 2.93. The SMILES string of the molecule is CCOC(=O)COC1(c2cc(Br)n[nH]2)CCNC1. The van der Waals surface area contributed by atoms with Gasteiger partial charge < -0.3 is 14.8 Å². The Bertz CT molecular complexity index is 415. The second-order valence-electron chi connectivity index (χ2n) is 4.12. The standard InChI is InChI=1S/C11H16BrN3O3/c1-2-17-10(16)6-18-11(3-4-13-7-11)8-5-9(12)15-14-8/h5,13H,2-4,6-7H2,1H3,(H,14,15). The summed E-state index contributed by atoms with van der Waals surface area (Å²) in [5.41, 5.74) is 0.342. The number of ether oxygens (including phenoxy) is 2. The van der Waals surface area contributed by atoms with Crippen molar-refractivity contribution in [2.75, 3.05) is 26.3 Å². The van der Waals surface area contributed by atoms with Gasteiger partial charge in [-0.25, -0.2) is 4.79 Å². The lowest BCUT2D eigenvalue weighted by atomic mass is 9.99. The maximum Gasteiger partial charge on any atom is 0.332 e. The highest BCUT2D eigenvalue weighted by Crippen LogP contribution is 2.31. The molecule has 1 aromatic rings. The summed E-state index contributed by atoms with van der Waals surface area (Å²) >= 11 is 3.30. The number of aromatic amines is 1. The lowest BCUT2D eigenvalue weighted by molar-refractivity contribution is -0.155. The van der Waals surface area contributed by atoms with Gasteiger partial charge >= 0.3 is 5.97 Å². The van der Waals surface area contributed by atoms with Crippen LogP contribution in [-0.2, 0) is 19.9 Å². The number of hydrogen-bond acceptors (Lipinski definition) is 5. The van der Waals surface area contributed by atoms with Gasteiger partial charge in [-0.2, -0.15) is 5.10 Å². The van der Waals surface area contributed by atoms with Crippen molar-refractivity contribution in [1.82, 2.24) is 15.5 Å². The molecule has 1 fully saturated rings. The monoisotopic (exact) mass is 317 g/mol. The van der Waals surface area contributed by atoms with Crippen LogP contribution in [0.5, 0.6) is 0 Å². The van der Waals surface area contributed by atoms with E-state index in [4.69, 9.17) is 9.47 Å².